The zero-order valence-electron chi connectivity index (χ0n) is 19.0. The molecule has 4 rings (SSSR count). The van der Waals surface area contributed by atoms with Gasteiger partial charge in [0.05, 0.1) is 18.4 Å². The third-order valence-corrected chi connectivity index (χ3v) is 6.82. The lowest BCUT2D eigenvalue weighted by Gasteiger charge is -2.44. The first-order valence-electron chi connectivity index (χ1n) is 11.7. The van der Waals surface area contributed by atoms with Crippen molar-refractivity contribution in [2.75, 3.05) is 33.3 Å². The number of para-hydroxylation sites is 1. The van der Waals surface area contributed by atoms with E-state index in [1.54, 1.807) is 17.3 Å². The Morgan fingerprint density at radius 1 is 1.09 bits per heavy atom. The molecule has 2 amide bonds. The number of aromatic nitrogens is 1. The first-order chi connectivity index (χ1) is 15.6. The van der Waals surface area contributed by atoms with E-state index in [0.717, 1.165) is 49.8 Å². The summed E-state index contributed by atoms with van der Waals surface area (Å²) in [5.41, 5.74) is 1.64. The smallest absolute Gasteiger partial charge is 0.230 e. The Labute approximate surface area is 190 Å². The normalized spacial score (nSPS) is 22.5. The Morgan fingerprint density at radius 3 is 2.78 bits per heavy atom. The molecule has 0 aliphatic carbocycles. The predicted octanol–water partition coefficient (Wildman–Crippen LogP) is 3.50. The molecule has 2 aliphatic rings. The van der Waals surface area contributed by atoms with Gasteiger partial charge < -0.3 is 14.5 Å². The third kappa shape index (κ3) is 5.12. The lowest BCUT2D eigenvalue weighted by molar-refractivity contribution is -0.149. The van der Waals surface area contributed by atoms with Crippen LogP contribution in [-0.4, -0.2) is 59.9 Å². The second-order valence-electron chi connectivity index (χ2n) is 9.13. The fraction of sp³-hybridized carbons (Fsp3) is 0.500. The molecule has 0 radical (unpaired) electrons. The Bertz CT molecular complexity index is 933. The fourth-order valence-electron chi connectivity index (χ4n) is 5.05. The van der Waals surface area contributed by atoms with Crippen LogP contribution in [-0.2, 0) is 22.4 Å². The van der Waals surface area contributed by atoms with Crippen molar-refractivity contribution in [3.63, 3.8) is 0 Å². The number of rotatable bonds is 2. The number of hydrogen-bond donors (Lipinski definition) is 0. The van der Waals surface area contributed by atoms with Crippen LogP contribution in [0.1, 0.15) is 43.2 Å². The summed E-state index contributed by atoms with van der Waals surface area (Å²) in [6.45, 7) is 2.23. The number of aryl methyl sites for hydroxylation is 1. The van der Waals surface area contributed by atoms with Crippen LogP contribution in [0.25, 0.3) is 0 Å². The SMILES string of the molecule is CN1CCOc2ccccc2CCCCC2(CCCN(C(=O)Cc3cccnc3)C2)C1=O. The summed E-state index contributed by atoms with van der Waals surface area (Å²) in [7, 11) is 1.86. The molecule has 2 aliphatic heterocycles. The molecule has 1 saturated heterocycles. The van der Waals surface area contributed by atoms with Crippen LogP contribution in [0.3, 0.4) is 0 Å². The molecule has 0 bridgehead atoms. The standard InChI is InChI=1S/C26H33N3O3/c1-28-16-17-32-23-11-3-2-9-22(23)10-4-5-12-26(25(28)31)13-7-15-29(20-26)24(30)18-21-8-6-14-27-19-21/h2-3,6,8-9,11,14,19H,4-5,7,10,12-13,15-18,20H2,1H3. The number of hydrogen-bond acceptors (Lipinski definition) is 4. The monoisotopic (exact) mass is 435 g/mol. The number of likely N-dealkylation sites (tertiary alicyclic amines) is 1. The lowest BCUT2D eigenvalue weighted by Crippen LogP contribution is -2.54. The van der Waals surface area contributed by atoms with E-state index in [1.807, 2.05) is 36.2 Å². The van der Waals surface area contributed by atoms with Crippen molar-refractivity contribution >= 4 is 11.8 Å². The van der Waals surface area contributed by atoms with Gasteiger partial charge in [-0.15, -0.1) is 0 Å². The van der Waals surface area contributed by atoms with Gasteiger partial charge in [-0.1, -0.05) is 30.7 Å². The zero-order valence-corrected chi connectivity index (χ0v) is 19.0. The van der Waals surface area contributed by atoms with E-state index in [9.17, 15) is 9.59 Å². The van der Waals surface area contributed by atoms with E-state index in [1.165, 1.54) is 5.56 Å². The molecular formula is C26H33N3O3. The van der Waals surface area contributed by atoms with Crippen molar-refractivity contribution < 1.29 is 14.3 Å². The zero-order chi connectivity index (χ0) is 22.4. The third-order valence-electron chi connectivity index (χ3n) is 6.82. The number of amides is 2. The Kier molecular flexibility index (Phi) is 7.08. The quantitative estimate of drug-likeness (QED) is 0.724. The molecule has 1 fully saturated rings. The molecule has 1 unspecified atom stereocenters. The number of piperidine rings is 1. The van der Waals surface area contributed by atoms with E-state index in [4.69, 9.17) is 4.74 Å². The molecule has 1 atom stereocenters. The van der Waals surface area contributed by atoms with Crippen LogP contribution in [0.5, 0.6) is 5.75 Å². The number of ether oxygens (including phenoxy) is 1. The van der Waals surface area contributed by atoms with Crippen molar-refractivity contribution in [1.29, 1.82) is 0 Å². The van der Waals surface area contributed by atoms with Gasteiger partial charge in [-0.25, -0.2) is 0 Å². The molecule has 1 aromatic heterocycles. The highest BCUT2D eigenvalue weighted by molar-refractivity contribution is 5.85. The van der Waals surface area contributed by atoms with Crippen LogP contribution in [0.2, 0.25) is 0 Å². The van der Waals surface area contributed by atoms with Gasteiger partial charge in [0, 0.05) is 32.5 Å². The first kappa shape index (κ1) is 22.3. The van der Waals surface area contributed by atoms with Gasteiger partial charge in [0.25, 0.3) is 0 Å². The summed E-state index contributed by atoms with van der Waals surface area (Å²) in [4.78, 5) is 34.5. The number of carbonyl (C=O) groups excluding carboxylic acids is 2. The van der Waals surface area contributed by atoms with Gasteiger partial charge in [-0.05, 0) is 55.4 Å². The summed E-state index contributed by atoms with van der Waals surface area (Å²) in [6.07, 6.45) is 9.20. The highest BCUT2D eigenvalue weighted by Gasteiger charge is 2.44. The van der Waals surface area contributed by atoms with Crippen molar-refractivity contribution in [3.05, 3.63) is 59.9 Å². The highest BCUT2D eigenvalue weighted by Crippen LogP contribution is 2.38. The Hall–Kier alpha value is -2.89. The average molecular weight is 436 g/mol. The van der Waals surface area contributed by atoms with Gasteiger partial charge in [0.1, 0.15) is 12.4 Å². The molecule has 170 valence electrons. The minimum absolute atomic E-state index is 0.0795. The molecule has 0 N–H and O–H groups in total. The molecule has 1 spiro atoms. The van der Waals surface area contributed by atoms with Crippen molar-refractivity contribution in [3.8, 4) is 5.75 Å². The van der Waals surface area contributed by atoms with E-state index in [0.29, 0.717) is 32.7 Å². The number of benzene rings is 1. The summed E-state index contributed by atoms with van der Waals surface area (Å²) in [6, 6.07) is 12.0. The van der Waals surface area contributed by atoms with Crippen LogP contribution >= 0.6 is 0 Å². The number of likely N-dealkylation sites (N-methyl/N-ethyl adjacent to an activating group) is 1. The van der Waals surface area contributed by atoms with E-state index < -0.39 is 5.41 Å². The summed E-state index contributed by atoms with van der Waals surface area (Å²) >= 11 is 0. The molecular weight excluding hydrogens is 402 g/mol. The number of carbonyl (C=O) groups is 2. The maximum absolute atomic E-state index is 13.6. The predicted molar refractivity (Wildman–Crippen MR) is 123 cm³/mol. The second-order valence-corrected chi connectivity index (χ2v) is 9.13. The maximum Gasteiger partial charge on any atom is 0.230 e. The van der Waals surface area contributed by atoms with Gasteiger partial charge in [0.15, 0.2) is 0 Å². The minimum Gasteiger partial charge on any atom is -0.491 e. The maximum atomic E-state index is 13.6. The molecule has 32 heavy (non-hydrogen) atoms. The highest BCUT2D eigenvalue weighted by atomic mass is 16.5. The average Bonchev–Trinajstić information content (AvgIpc) is 2.82. The molecule has 6 heteroatoms. The van der Waals surface area contributed by atoms with Gasteiger partial charge >= 0.3 is 0 Å². The molecule has 1 aromatic carbocycles. The van der Waals surface area contributed by atoms with E-state index in [2.05, 4.69) is 17.1 Å². The summed E-state index contributed by atoms with van der Waals surface area (Å²) in [5.74, 6) is 1.15. The van der Waals surface area contributed by atoms with Crippen LogP contribution < -0.4 is 4.74 Å². The topological polar surface area (TPSA) is 62.7 Å². The molecule has 3 heterocycles. The van der Waals surface area contributed by atoms with Gasteiger partial charge in [0.2, 0.25) is 11.8 Å². The van der Waals surface area contributed by atoms with Crippen molar-refractivity contribution in [2.24, 2.45) is 5.41 Å². The van der Waals surface area contributed by atoms with Crippen LogP contribution in [0, 0.1) is 5.41 Å². The summed E-state index contributed by atoms with van der Waals surface area (Å²) in [5, 5.41) is 0. The number of fused-ring (bicyclic) bond motifs is 1. The Morgan fingerprint density at radius 2 is 1.94 bits per heavy atom. The number of nitrogens with zero attached hydrogens (tertiary/aromatic N) is 3. The fourth-order valence-corrected chi connectivity index (χ4v) is 5.05. The molecule has 6 nitrogen and oxygen atoms in total. The van der Waals surface area contributed by atoms with Crippen LogP contribution in [0.4, 0.5) is 0 Å². The van der Waals surface area contributed by atoms with Crippen LogP contribution in [0.15, 0.2) is 48.8 Å². The van der Waals surface area contributed by atoms with Gasteiger partial charge in [-0.3, -0.25) is 14.6 Å². The molecule has 0 saturated carbocycles. The largest absolute Gasteiger partial charge is 0.491 e. The summed E-state index contributed by atoms with van der Waals surface area (Å²) < 4.78 is 6.02. The van der Waals surface area contributed by atoms with E-state index >= 15 is 0 Å². The number of pyridine rings is 1. The first-order valence-corrected chi connectivity index (χ1v) is 11.7. The Balaban J connectivity index is 1.49. The lowest BCUT2D eigenvalue weighted by atomic mass is 9.74. The minimum atomic E-state index is -0.504. The molecule has 2 aromatic rings. The van der Waals surface area contributed by atoms with E-state index in [-0.39, 0.29) is 11.8 Å². The van der Waals surface area contributed by atoms with Crippen molar-refractivity contribution in [1.82, 2.24) is 14.8 Å². The van der Waals surface area contributed by atoms with Gasteiger partial charge in [-0.2, -0.15) is 0 Å². The van der Waals surface area contributed by atoms with Crippen molar-refractivity contribution in [2.45, 2.75) is 44.9 Å². The second kappa shape index (κ2) is 10.2.